The maximum atomic E-state index is 6.24. The molecule has 1 atom stereocenters. The van der Waals surface area contributed by atoms with Crippen molar-refractivity contribution >= 4 is 8.80 Å². The number of rotatable bonds is 5. The molecular formula is C14H22O3Si. The molecule has 1 saturated heterocycles. The van der Waals surface area contributed by atoms with Crippen LogP contribution in [0.1, 0.15) is 38.4 Å². The lowest BCUT2D eigenvalue weighted by Crippen LogP contribution is -2.48. The standard InChI is InChI=1S/C14H22O3Si/c1-3-15-18(16-4-2)12-8-11-14(17-18)13-9-6-5-7-10-13/h5-7,9-10,14H,3-4,8,11-12H2,1-2H3. The van der Waals surface area contributed by atoms with Crippen molar-refractivity contribution in [1.29, 1.82) is 0 Å². The van der Waals surface area contributed by atoms with Gasteiger partial charge in [-0.25, -0.2) is 0 Å². The summed E-state index contributed by atoms with van der Waals surface area (Å²) in [7, 11) is -2.43. The SMILES string of the molecule is CCO[Si]1(OCC)CCCC(c2ccccc2)O1. The van der Waals surface area contributed by atoms with Gasteiger partial charge in [0.15, 0.2) is 0 Å². The highest BCUT2D eigenvalue weighted by Gasteiger charge is 2.45. The first-order valence-corrected chi connectivity index (χ1v) is 8.73. The third-order valence-electron chi connectivity index (χ3n) is 3.17. The smallest absolute Gasteiger partial charge is 0.374 e. The second-order valence-electron chi connectivity index (χ2n) is 4.46. The Labute approximate surface area is 110 Å². The fourth-order valence-electron chi connectivity index (χ4n) is 2.43. The van der Waals surface area contributed by atoms with E-state index in [0.29, 0.717) is 13.2 Å². The van der Waals surface area contributed by atoms with Gasteiger partial charge in [-0.15, -0.1) is 0 Å². The van der Waals surface area contributed by atoms with Crippen LogP contribution in [0.3, 0.4) is 0 Å². The Morgan fingerprint density at radius 3 is 2.44 bits per heavy atom. The highest BCUT2D eigenvalue weighted by Crippen LogP contribution is 2.36. The van der Waals surface area contributed by atoms with Gasteiger partial charge in [-0.2, -0.15) is 0 Å². The average molecular weight is 266 g/mol. The number of benzene rings is 1. The molecule has 1 fully saturated rings. The Morgan fingerprint density at radius 1 is 1.17 bits per heavy atom. The lowest BCUT2D eigenvalue weighted by Gasteiger charge is -2.37. The summed E-state index contributed by atoms with van der Waals surface area (Å²) in [4.78, 5) is 0. The summed E-state index contributed by atoms with van der Waals surface area (Å²) in [5.41, 5.74) is 1.23. The summed E-state index contributed by atoms with van der Waals surface area (Å²) < 4.78 is 17.9. The Bertz CT molecular complexity index is 344. The first kappa shape index (κ1) is 13.7. The molecule has 100 valence electrons. The van der Waals surface area contributed by atoms with Crippen molar-refractivity contribution in [1.82, 2.24) is 0 Å². The molecule has 1 aromatic rings. The first-order chi connectivity index (χ1) is 8.79. The molecule has 1 aliphatic rings. The molecular weight excluding hydrogens is 244 g/mol. The Morgan fingerprint density at radius 2 is 1.83 bits per heavy atom. The Balaban J connectivity index is 2.11. The van der Waals surface area contributed by atoms with Gasteiger partial charge in [0, 0.05) is 19.3 Å². The molecule has 0 saturated carbocycles. The number of hydrogen-bond acceptors (Lipinski definition) is 3. The molecule has 1 unspecified atom stereocenters. The van der Waals surface area contributed by atoms with Crippen LogP contribution in [0.5, 0.6) is 0 Å². The van der Waals surface area contributed by atoms with E-state index in [1.54, 1.807) is 0 Å². The number of hydrogen-bond donors (Lipinski definition) is 0. The van der Waals surface area contributed by atoms with Crippen LogP contribution >= 0.6 is 0 Å². The minimum absolute atomic E-state index is 0.129. The monoisotopic (exact) mass is 266 g/mol. The fraction of sp³-hybridized carbons (Fsp3) is 0.571. The van der Waals surface area contributed by atoms with Crippen LogP contribution in [0.25, 0.3) is 0 Å². The molecule has 0 spiro atoms. The minimum atomic E-state index is -2.43. The zero-order valence-corrected chi connectivity index (χ0v) is 12.2. The fourth-order valence-corrected chi connectivity index (χ4v) is 5.26. The molecule has 0 aliphatic carbocycles. The van der Waals surface area contributed by atoms with Crippen molar-refractivity contribution in [3.63, 3.8) is 0 Å². The largest absolute Gasteiger partial charge is 0.501 e. The van der Waals surface area contributed by atoms with E-state index in [-0.39, 0.29) is 6.10 Å². The van der Waals surface area contributed by atoms with Gasteiger partial charge in [0.25, 0.3) is 0 Å². The van der Waals surface area contributed by atoms with Gasteiger partial charge in [0.05, 0.1) is 6.10 Å². The predicted molar refractivity (Wildman–Crippen MR) is 73.3 cm³/mol. The van der Waals surface area contributed by atoms with Crippen molar-refractivity contribution in [2.45, 2.75) is 38.8 Å². The van der Waals surface area contributed by atoms with Crippen LogP contribution in [0.2, 0.25) is 6.04 Å². The van der Waals surface area contributed by atoms with E-state index < -0.39 is 8.80 Å². The van der Waals surface area contributed by atoms with Crippen LogP contribution in [0.4, 0.5) is 0 Å². The summed E-state index contributed by atoms with van der Waals surface area (Å²) in [6.45, 7) is 5.33. The molecule has 1 aliphatic heterocycles. The van der Waals surface area contributed by atoms with Crippen LogP contribution in [0, 0.1) is 0 Å². The highest BCUT2D eigenvalue weighted by atomic mass is 28.4. The van der Waals surface area contributed by atoms with Crippen molar-refractivity contribution < 1.29 is 13.3 Å². The lowest BCUT2D eigenvalue weighted by molar-refractivity contribution is 0.0126. The molecule has 0 amide bonds. The third-order valence-corrected chi connectivity index (χ3v) is 6.24. The van der Waals surface area contributed by atoms with Gasteiger partial charge in [0.2, 0.25) is 0 Å². The second-order valence-corrected chi connectivity index (χ2v) is 7.14. The zero-order chi connectivity index (χ0) is 12.8. The third kappa shape index (κ3) is 3.20. The molecule has 0 aromatic heterocycles. The van der Waals surface area contributed by atoms with Gasteiger partial charge in [-0.1, -0.05) is 30.3 Å². The molecule has 1 aromatic carbocycles. The molecule has 1 heterocycles. The normalized spacial score (nSPS) is 22.9. The summed E-state index contributed by atoms with van der Waals surface area (Å²) in [6, 6.07) is 11.3. The molecule has 2 rings (SSSR count). The average Bonchev–Trinajstić information content (AvgIpc) is 2.40. The van der Waals surface area contributed by atoms with Gasteiger partial charge < -0.3 is 13.3 Å². The quantitative estimate of drug-likeness (QED) is 0.763. The van der Waals surface area contributed by atoms with E-state index in [2.05, 4.69) is 24.3 Å². The van der Waals surface area contributed by atoms with Crippen LogP contribution in [-0.2, 0) is 13.3 Å². The van der Waals surface area contributed by atoms with Crippen molar-refractivity contribution in [2.75, 3.05) is 13.2 Å². The van der Waals surface area contributed by atoms with E-state index in [9.17, 15) is 0 Å². The van der Waals surface area contributed by atoms with Crippen molar-refractivity contribution in [2.24, 2.45) is 0 Å². The highest BCUT2D eigenvalue weighted by molar-refractivity contribution is 6.60. The van der Waals surface area contributed by atoms with E-state index in [4.69, 9.17) is 13.3 Å². The Hall–Kier alpha value is -0.683. The van der Waals surface area contributed by atoms with E-state index >= 15 is 0 Å². The maximum absolute atomic E-state index is 6.24. The van der Waals surface area contributed by atoms with Crippen LogP contribution in [0.15, 0.2) is 30.3 Å². The van der Waals surface area contributed by atoms with E-state index in [0.717, 1.165) is 18.9 Å². The van der Waals surface area contributed by atoms with Crippen LogP contribution in [-0.4, -0.2) is 22.0 Å². The lowest BCUT2D eigenvalue weighted by atomic mass is 10.1. The van der Waals surface area contributed by atoms with Crippen molar-refractivity contribution in [3.05, 3.63) is 35.9 Å². The van der Waals surface area contributed by atoms with Crippen LogP contribution < -0.4 is 0 Å². The van der Waals surface area contributed by atoms with Crippen molar-refractivity contribution in [3.8, 4) is 0 Å². The molecule has 18 heavy (non-hydrogen) atoms. The van der Waals surface area contributed by atoms with Gasteiger partial charge in [-0.3, -0.25) is 0 Å². The second kappa shape index (κ2) is 6.47. The van der Waals surface area contributed by atoms with E-state index in [1.807, 2.05) is 19.9 Å². The Kier molecular flexibility index (Phi) is 4.94. The van der Waals surface area contributed by atoms with Gasteiger partial charge in [-0.05, 0) is 32.3 Å². The predicted octanol–water partition coefficient (Wildman–Crippen LogP) is 3.55. The first-order valence-electron chi connectivity index (χ1n) is 6.80. The van der Waals surface area contributed by atoms with E-state index in [1.165, 1.54) is 5.56 Å². The summed E-state index contributed by atoms with van der Waals surface area (Å²) in [5, 5.41) is 0. The summed E-state index contributed by atoms with van der Waals surface area (Å²) in [6.07, 6.45) is 2.30. The maximum Gasteiger partial charge on any atom is 0.501 e. The summed E-state index contributed by atoms with van der Waals surface area (Å²) in [5.74, 6) is 0. The zero-order valence-electron chi connectivity index (χ0n) is 11.2. The molecule has 3 nitrogen and oxygen atoms in total. The molecule has 0 N–H and O–H groups in total. The molecule has 0 radical (unpaired) electrons. The summed E-state index contributed by atoms with van der Waals surface area (Å²) >= 11 is 0. The molecule has 0 bridgehead atoms. The molecule has 4 heteroatoms. The van der Waals surface area contributed by atoms with Gasteiger partial charge >= 0.3 is 8.80 Å². The topological polar surface area (TPSA) is 27.7 Å². The van der Waals surface area contributed by atoms with Gasteiger partial charge in [0.1, 0.15) is 0 Å². The minimum Gasteiger partial charge on any atom is -0.374 e.